The minimum Gasteiger partial charge on any atom is -0.384 e. The van der Waals surface area contributed by atoms with Crippen molar-refractivity contribution in [3.05, 3.63) is 29.3 Å². The van der Waals surface area contributed by atoms with Gasteiger partial charge in [0.05, 0.1) is 0 Å². The van der Waals surface area contributed by atoms with E-state index in [2.05, 4.69) is 36.9 Å². The molecule has 4 nitrogen and oxygen atoms in total. The fourth-order valence-electron chi connectivity index (χ4n) is 2.81. The maximum absolute atomic E-state index is 7.70. The van der Waals surface area contributed by atoms with E-state index in [0.717, 1.165) is 17.8 Å². The monoisotopic (exact) mass is 260 g/mol. The summed E-state index contributed by atoms with van der Waals surface area (Å²) in [4.78, 5) is 4.65. The second-order valence-corrected chi connectivity index (χ2v) is 5.59. The molecule has 1 unspecified atom stereocenters. The Hall–Kier alpha value is -1.55. The van der Waals surface area contributed by atoms with Crippen LogP contribution in [0.3, 0.4) is 0 Å². The van der Waals surface area contributed by atoms with Gasteiger partial charge in [-0.3, -0.25) is 5.41 Å². The largest absolute Gasteiger partial charge is 0.384 e. The number of nitrogens with one attached hydrogen (secondary N) is 1. The summed E-state index contributed by atoms with van der Waals surface area (Å²) in [6.45, 7) is 4.25. The fourth-order valence-corrected chi connectivity index (χ4v) is 2.81. The lowest BCUT2D eigenvalue weighted by Gasteiger charge is -2.29. The van der Waals surface area contributed by atoms with E-state index < -0.39 is 0 Å². The van der Waals surface area contributed by atoms with Gasteiger partial charge in [-0.2, -0.15) is 0 Å². The first-order valence-corrected chi connectivity index (χ1v) is 6.85. The van der Waals surface area contributed by atoms with Crippen LogP contribution in [0.15, 0.2) is 18.2 Å². The summed E-state index contributed by atoms with van der Waals surface area (Å²) in [6, 6.07) is 6.67. The van der Waals surface area contributed by atoms with Gasteiger partial charge in [0, 0.05) is 30.9 Å². The van der Waals surface area contributed by atoms with Crippen LogP contribution >= 0.6 is 0 Å². The van der Waals surface area contributed by atoms with Crippen molar-refractivity contribution >= 4 is 11.5 Å². The summed E-state index contributed by atoms with van der Waals surface area (Å²) in [6.07, 6.45) is 2.53. The molecule has 0 spiro atoms. The van der Waals surface area contributed by atoms with Gasteiger partial charge in [0.1, 0.15) is 5.84 Å². The first-order chi connectivity index (χ1) is 8.99. The number of anilines is 1. The maximum atomic E-state index is 7.70. The van der Waals surface area contributed by atoms with Gasteiger partial charge < -0.3 is 15.5 Å². The first kappa shape index (κ1) is 13.9. The highest BCUT2D eigenvalue weighted by molar-refractivity contribution is 6.00. The standard InChI is InChI=1S/C15H24N4/c1-11-6-7-13(15(16)17)14(9-11)19(3)10-12-5-4-8-18(12)2/h6-7,9,12H,4-5,8,10H2,1-3H3,(H3,16,17). The van der Waals surface area contributed by atoms with E-state index in [0.29, 0.717) is 6.04 Å². The number of amidine groups is 1. The molecule has 0 radical (unpaired) electrons. The highest BCUT2D eigenvalue weighted by atomic mass is 15.2. The van der Waals surface area contributed by atoms with Gasteiger partial charge in [0.15, 0.2) is 0 Å². The number of hydrogen-bond donors (Lipinski definition) is 2. The Morgan fingerprint density at radius 3 is 2.84 bits per heavy atom. The summed E-state index contributed by atoms with van der Waals surface area (Å²) >= 11 is 0. The van der Waals surface area contributed by atoms with Crippen LogP contribution in [0.2, 0.25) is 0 Å². The molecular weight excluding hydrogens is 236 g/mol. The van der Waals surface area contributed by atoms with E-state index in [1.807, 2.05) is 12.1 Å². The maximum Gasteiger partial charge on any atom is 0.124 e. The molecule has 4 heteroatoms. The highest BCUT2D eigenvalue weighted by Gasteiger charge is 2.23. The van der Waals surface area contributed by atoms with Crippen molar-refractivity contribution in [3.63, 3.8) is 0 Å². The Bertz CT molecular complexity index is 469. The molecule has 2 rings (SSSR count). The Kier molecular flexibility index (Phi) is 4.10. The number of nitrogen functional groups attached to an aromatic ring is 1. The molecule has 0 saturated carbocycles. The van der Waals surface area contributed by atoms with Crippen LogP contribution in [-0.4, -0.2) is 44.0 Å². The molecule has 1 atom stereocenters. The number of hydrogen-bond acceptors (Lipinski definition) is 3. The van der Waals surface area contributed by atoms with Crippen molar-refractivity contribution in [1.82, 2.24) is 4.90 Å². The van der Waals surface area contributed by atoms with E-state index in [4.69, 9.17) is 11.1 Å². The lowest BCUT2D eigenvalue weighted by molar-refractivity contribution is 0.314. The van der Waals surface area contributed by atoms with Crippen molar-refractivity contribution in [2.75, 3.05) is 32.1 Å². The lowest BCUT2D eigenvalue weighted by atomic mass is 10.1. The minimum absolute atomic E-state index is 0.140. The molecule has 1 aliphatic rings. The van der Waals surface area contributed by atoms with Crippen LogP contribution < -0.4 is 10.6 Å². The Labute approximate surface area is 115 Å². The number of likely N-dealkylation sites (N-methyl/N-ethyl adjacent to an activating group) is 2. The van der Waals surface area contributed by atoms with Crippen LogP contribution in [0.4, 0.5) is 5.69 Å². The zero-order chi connectivity index (χ0) is 14.0. The molecule has 0 aromatic heterocycles. The van der Waals surface area contributed by atoms with E-state index in [-0.39, 0.29) is 5.84 Å². The second kappa shape index (κ2) is 5.61. The van der Waals surface area contributed by atoms with E-state index in [1.165, 1.54) is 24.9 Å². The predicted octanol–water partition coefficient (Wildman–Crippen LogP) is 1.81. The van der Waals surface area contributed by atoms with E-state index in [1.54, 1.807) is 0 Å². The van der Waals surface area contributed by atoms with Gasteiger partial charge >= 0.3 is 0 Å². The minimum atomic E-state index is 0.140. The topological polar surface area (TPSA) is 56.4 Å². The molecule has 1 fully saturated rings. The lowest BCUT2D eigenvalue weighted by Crippen LogP contribution is -2.37. The normalized spacial score (nSPS) is 19.6. The van der Waals surface area contributed by atoms with Crippen LogP contribution in [-0.2, 0) is 0 Å². The third kappa shape index (κ3) is 3.07. The number of aryl methyl sites for hydroxylation is 1. The number of likely N-dealkylation sites (tertiary alicyclic amines) is 1. The molecule has 0 bridgehead atoms. The molecule has 3 N–H and O–H groups in total. The van der Waals surface area contributed by atoms with Gasteiger partial charge in [-0.05, 0) is 51.1 Å². The van der Waals surface area contributed by atoms with Crippen molar-refractivity contribution in [2.45, 2.75) is 25.8 Å². The molecule has 1 aromatic carbocycles. The van der Waals surface area contributed by atoms with Crippen LogP contribution in [0.25, 0.3) is 0 Å². The van der Waals surface area contributed by atoms with Crippen molar-refractivity contribution in [3.8, 4) is 0 Å². The molecule has 1 aromatic rings. The van der Waals surface area contributed by atoms with Crippen molar-refractivity contribution in [2.24, 2.45) is 5.73 Å². The fraction of sp³-hybridized carbons (Fsp3) is 0.533. The average molecular weight is 260 g/mol. The Balaban J connectivity index is 2.20. The molecular formula is C15H24N4. The van der Waals surface area contributed by atoms with Crippen molar-refractivity contribution in [1.29, 1.82) is 5.41 Å². The smallest absolute Gasteiger partial charge is 0.124 e. The zero-order valence-corrected chi connectivity index (χ0v) is 12.1. The zero-order valence-electron chi connectivity index (χ0n) is 12.1. The molecule has 0 amide bonds. The predicted molar refractivity (Wildman–Crippen MR) is 81.1 cm³/mol. The number of nitrogens with two attached hydrogens (primary N) is 1. The van der Waals surface area contributed by atoms with Gasteiger partial charge in [-0.15, -0.1) is 0 Å². The molecule has 1 aliphatic heterocycles. The Morgan fingerprint density at radius 2 is 2.26 bits per heavy atom. The van der Waals surface area contributed by atoms with Gasteiger partial charge in [0.25, 0.3) is 0 Å². The van der Waals surface area contributed by atoms with Crippen LogP contribution in [0.5, 0.6) is 0 Å². The molecule has 1 heterocycles. The average Bonchev–Trinajstić information content (AvgIpc) is 2.74. The quantitative estimate of drug-likeness (QED) is 0.641. The van der Waals surface area contributed by atoms with Gasteiger partial charge in [-0.1, -0.05) is 6.07 Å². The SMILES string of the molecule is Cc1ccc(C(=N)N)c(N(C)CC2CCCN2C)c1. The number of benzene rings is 1. The van der Waals surface area contributed by atoms with Crippen molar-refractivity contribution < 1.29 is 0 Å². The number of rotatable bonds is 4. The third-order valence-corrected chi connectivity index (χ3v) is 4.01. The van der Waals surface area contributed by atoms with Gasteiger partial charge in [-0.25, -0.2) is 0 Å². The summed E-state index contributed by atoms with van der Waals surface area (Å²) in [5, 5.41) is 7.70. The molecule has 0 aliphatic carbocycles. The summed E-state index contributed by atoms with van der Waals surface area (Å²) in [5.41, 5.74) is 8.78. The molecule has 19 heavy (non-hydrogen) atoms. The summed E-state index contributed by atoms with van der Waals surface area (Å²) in [5.74, 6) is 0.140. The van der Waals surface area contributed by atoms with Gasteiger partial charge in [0.2, 0.25) is 0 Å². The van der Waals surface area contributed by atoms with E-state index in [9.17, 15) is 0 Å². The van der Waals surface area contributed by atoms with Crippen LogP contribution in [0, 0.1) is 12.3 Å². The first-order valence-electron chi connectivity index (χ1n) is 6.85. The Morgan fingerprint density at radius 1 is 1.53 bits per heavy atom. The highest BCUT2D eigenvalue weighted by Crippen LogP contribution is 2.23. The summed E-state index contributed by atoms with van der Waals surface area (Å²) < 4.78 is 0. The van der Waals surface area contributed by atoms with E-state index >= 15 is 0 Å². The number of nitrogens with zero attached hydrogens (tertiary/aromatic N) is 2. The molecule has 104 valence electrons. The third-order valence-electron chi connectivity index (χ3n) is 4.01. The molecule has 1 saturated heterocycles. The van der Waals surface area contributed by atoms with Crippen LogP contribution in [0.1, 0.15) is 24.0 Å². The summed E-state index contributed by atoms with van der Waals surface area (Å²) in [7, 11) is 4.28. The second-order valence-electron chi connectivity index (χ2n) is 5.59.